The van der Waals surface area contributed by atoms with Gasteiger partial charge in [-0.15, -0.1) is 0 Å². The highest BCUT2D eigenvalue weighted by atomic mass is 35.5. The van der Waals surface area contributed by atoms with Crippen LogP contribution in [-0.2, 0) is 6.42 Å². The van der Waals surface area contributed by atoms with Gasteiger partial charge in [0.05, 0.1) is 40.8 Å². The Bertz CT molecular complexity index is 1210. The first-order valence-corrected chi connectivity index (χ1v) is 11.9. The van der Waals surface area contributed by atoms with Crippen molar-refractivity contribution in [3.8, 4) is 22.6 Å². The molecule has 33 heavy (non-hydrogen) atoms. The van der Waals surface area contributed by atoms with Gasteiger partial charge in [0.15, 0.2) is 22.9 Å². The smallest absolute Gasteiger partial charge is 0.168 e. The molecule has 0 saturated heterocycles. The molecular weight excluding hydrogens is 440 g/mol. The summed E-state index contributed by atoms with van der Waals surface area (Å²) in [5.41, 5.74) is 4.51. The van der Waals surface area contributed by atoms with E-state index in [1.165, 1.54) is 0 Å². The van der Waals surface area contributed by atoms with Gasteiger partial charge in [-0.3, -0.25) is 4.79 Å². The highest BCUT2D eigenvalue weighted by molar-refractivity contribution is 6.34. The Hall–Kier alpha value is -2.80. The second-order valence-corrected chi connectivity index (χ2v) is 9.12. The molecule has 2 heterocycles. The number of hydrogen-bond donors (Lipinski definition) is 1. The van der Waals surface area contributed by atoms with Crippen molar-refractivity contribution in [3.05, 3.63) is 34.1 Å². The van der Waals surface area contributed by atoms with Crippen molar-refractivity contribution < 1.29 is 14.3 Å². The average Bonchev–Trinajstić information content (AvgIpc) is 3.31. The molecule has 4 rings (SSSR count). The molecule has 0 atom stereocenters. The number of fused-ring (bicyclic) bond motifs is 2. The molecule has 8 heteroatoms. The Morgan fingerprint density at radius 3 is 2.52 bits per heavy atom. The predicted octanol–water partition coefficient (Wildman–Crippen LogP) is 5.88. The zero-order valence-electron chi connectivity index (χ0n) is 20.1. The quantitative estimate of drug-likeness (QED) is 0.442. The van der Waals surface area contributed by atoms with Crippen molar-refractivity contribution in [1.82, 2.24) is 14.6 Å². The SMILES string of the molecule is CCC(CC)Nc1c2c(nc3c(-c4cc(OC(C)C)c(OC)cc4Cl)c(C)nn13)CCC2=O. The van der Waals surface area contributed by atoms with Gasteiger partial charge in [-0.25, -0.2) is 4.98 Å². The summed E-state index contributed by atoms with van der Waals surface area (Å²) in [5, 5.41) is 8.90. The van der Waals surface area contributed by atoms with Crippen LogP contribution in [0.25, 0.3) is 16.8 Å². The summed E-state index contributed by atoms with van der Waals surface area (Å²) in [6.07, 6.45) is 2.95. The molecule has 0 fully saturated rings. The largest absolute Gasteiger partial charge is 0.493 e. The van der Waals surface area contributed by atoms with Gasteiger partial charge in [-0.2, -0.15) is 9.61 Å². The molecule has 0 amide bonds. The number of hydrogen-bond acceptors (Lipinski definition) is 6. The van der Waals surface area contributed by atoms with Crippen molar-refractivity contribution in [2.24, 2.45) is 0 Å². The lowest BCUT2D eigenvalue weighted by atomic mass is 10.0. The van der Waals surface area contributed by atoms with E-state index in [-0.39, 0.29) is 17.9 Å². The molecule has 1 N–H and O–H groups in total. The number of halogens is 1. The van der Waals surface area contributed by atoms with E-state index < -0.39 is 0 Å². The summed E-state index contributed by atoms with van der Waals surface area (Å²) in [6.45, 7) is 10.1. The third-order valence-corrected chi connectivity index (χ3v) is 6.41. The first-order chi connectivity index (χ1) is 15.8. The van der Waals surface area contributed by atoms with E-state index >= 15 is 0 Å². The lowest BCUT2D eigenvalue weighted by molar-refractivity contribution is 0.0995. The molecule has 0 radical (unpaired) electrons. The zero-order valence-corrected chi connectivity index (χ0v) is 20.8. The van der Waals surface area contributed by atoms with Crippen molar-refractivity contribution >= 4 is 28.8 Å². The number of anilines is 1. The number of ketones is 1. The fourth-order valence-corrected chi connectivity index (χ4v) is 4.65. The van der Waals surface area contributed by atoms with Gasteiger partial charge in [0, 0.05) is 24.1 Å². The number of Topliss-reactive ketones (excluding diaryl/α,β-unsaturated/α-hetero) is 1. The Labute approximate surface area is 199 Å². The molecule has 3 aromatic rings. The zero-order chi connectivity index (χ0) is 23.9. The molecule has 0 aliphatic heterocycles. The minimum atomic E-state index is -0.0267. The van der Waals surface area contributed by atoms with E-state index in [2.05, 4.69) is 19.2 Å². The topological polar surface area (TPSA) is 77.8 Å². The normalized spacial score (nSPS) is 13.3. The van der Waals surface area contributed by atoms with Crippen LogP contribution in [0.1, 0.15) is 68.7 Å². The number of nitrogens with zero attached hydrogens (tertiary/aromatic N) is 3. The standard InChI is InChI=1S/C25H31ClN4O3/c1-7-15(8-2)27-25-23-18(9-10-19(23)31)28-24-22(14(5)29-30(24)25)16-11-21(33-13(3)4)20(32-6)12-17(16)26/h11-13,15,27H,7-10H2,1-6H3. The summed E-state index contributed by atoms with van der Waals surface area (Å²) >= 11 is 6.72. The Kier molecular flexibility index (Phi) is 6.52. The Balaban J connectivity index is 1.98. The van der Waals surface area contributed by atoms with Gasteiger partial charge in [0.2, 0.25) is 0 Å². The first-order valence-electron chi connectivity index (χ1n) is 11.5. The van der Waals surface area contributed by atoms with Crippen LogP contribution in [0.5, 0.6) is 11.5 Å². The molecule has 0 unspecified atom stereocenters. The van der Waals surface area contributed by atoms with E-state index in [1.54, 1.807) is 17.7 Å². The maximum Gasteiger partial charge on any atom is 0.168 e. The van der Waals surface area contributed by atoms with Crippen LogP contribution in [0, 0.1) is 6.92 Å². The third kappa shape index (κ3) is 4.14. The molecule has 0 bridgehead atoms. The van der Waals surface area contributed by atoms with Gasteiger partial charge in [0.25, 0.3) is 0 Å². The molecule has 1 aliphatic carbocycles. The minimum absolute atomic E-state index is 0.0267. The molecule has 0 spiro atoms. The summed E-state index contributed by atoms with van der Waals surface area (Å²) < 4.78 is 13.2. The van der Waals surface area contributed by atoms with E-state index in [0.717, 1.165) is 41.2 Å². The van der Waals surface area contributed by atoms with E-state index in [1.807, 2.05) is 26.8 Å². The van der Waals surface area contributed by atoms with Crippen LogP contribution in [0.3, 0.4) is 0 Å². The average molecular weight is 471 g/mol. The number of carbonyl (C=O) groups excluding carboxylic acids is 1. The number of ether oxygens (including phenoxy) is 2. The predicted molar refractivity (Wildman–Crippen MR) is 131 cm³/mol. The van der Waals surface area contributed by atoms with Crippen LogP contribution < -0.4 is 14.8 Å². The summed E-state index contributed by atoms with van der Waals surface area (Å²) in [4.78, 5) is 17.7. The fourth-order valence-electron chi connectivity index (χ4n) is 4.40. The molecule has 7 nitrogen and oxygen atoms in total. The second-order valence-electron chi connectivity index (χ2n) is 8.71. The highest BCUT2D eigenvalue weighted by Crippen LogP contribution is 2.42. The molecule has 176 valence electrons. The minimum Gasteiger partial charge on any atom is -0.493 e. The molecule has 1 aromatic carbocycles. The van der Waals surface area contributed by atoms with Crippen molar-refractivity contribution in [2.45, 2.75) is 72.4 Å². The van der Waals surface area contributed by atoms with E-state index in [0.29, 0.717) is 40.6 Å². The Morgan fingerprint density at radius 1 is 1.15 bits per heavy atom. The van der Waals surface area contributed by atoms with Gasteiger partial charge >= 0.3 is 0 Å². The summed E-state index contributed by atoms with van der Waals surface area (Å²) in [7, 11) is 1.59. The van der Waals surface area contributed by atoms with Gasteiger partial charge in [-0.05, 0) is 46.1 Å². The number of rotatable bonds is 8. The molecular formula is C25H31ClN4O3. The highest BCUT2D eigenvalue weighted by Gasteiger charge is 2.30. The number of aryl methyl sites for hydroxylation is 2. The third-order valence-electron chi connectivity index (χ3n) is 6.09. The number of methoxy groups -OCH3 is 1. The van der Waals surface area contributed by atoms with E-state index in [4.69, 9.17) is 31.2 Å². The van der Waals surface area contributed by atoms with Crippen LogP contribution in [0.4, 0.5) is 5.82 Å². The fraction of sp³-hybridized carbons (Fsp3) is 0.480. The summed E-state index contributed by atoms with van der Waals surface area (Å²) in [6, 6.07) is 3.88. The lowest BCUT2D eigenvalue weighted by Crippen LogP contribution is -2.22. The van der Waals surface area contributed by atoms with E-state index in [9.17, 15) is 4.79 Å². The van der Waals surface area contributed by atoms with Crippen LogP contribution >= 0.6 is 11.6 Å². The molecule has 2 aromatic heterocycles. The molecule has 1 aliphatic rings. The van der Waals surface area contributed by atoms with Crippen LogP contribution in [-0.4, -0.2) is 39.6 Å². The van der Waals surface area contributed by atoms with Crippen molar-refractivity contribution in [3.63, 3.8) is 0 Å². The molecule has 0 saturated carbocycles. The monoisotopic (exact) mass is 470 g/mol. The van der Waals surface area contributed by atoms with Crippen molar-refractivity contribution in [2.75, 3.05) is 12.4 Å². The van der Waals surface area contributed by atoms with Crippen molar-refractivity contribution in [1.29, 1.82) is 0 Å². The maximum absolute atomic E-state index is 12.7. The Morgan fingerprint density at radius 2 is 1.88 bits per heavy atom. The number of aromatic nitrogens is 3. The second kappa shape index (κ2) is 9.21. The number of benzene rings is 1. The number of carbonyl (C=O) groups is 1. The van der Waals surface area contributed by atoms with Crippen LogP contribution in [0.2, 0.25) is 5.02 Å². The van der Waals surface area contributed by atoms with Crippen LogP contribution in [0.15, 0.2) is 12.1 Å². The summed E-state index contributed by atoms with van der Waals surface area (Å²) in [5.74, 6) is 2.01. The van der Waals surface area contributed by atoms with Gasteiger partial charge in [-0.1, -0.05) is 25.4 Å². The first kappa shape index (κ1) is 23.4. The van der Waals surface area contributed by atoms with Gasteiger partial charge in [0.1, 0.15) is 5.82 Å². The van der Waals surface area contributed by atoms with Gasteiger partial charge < -0.3 is 14.8 Å². The lowest BCUT2D eigenvalue weighted by Gasteiger charge is -2.19. The number of nitrogens with one attached hydrogen (secondary N) is 1. The maximum atomic E-state index is 12.7.